The Hall–Kier alpha value is -3.35. The zero-order valence-corrected chi connectivity index (χ0v) is 21.9. The fourth-order valence-electron chi connectivity index (χ4n) is 4.15. The number of hydrogen-bond donors (Lipinski definition) is 1. The Morgan fingerprint density at radius 3 is 2.31 bits per heavy atom. The lowest BCUT2D eigenvalue weighted by Crippen LogP contribution is -2.42. The highest BCUT2D eigenvalue weighted by molar-refractivity contribution is 7.92. The van der Waals surface area contributed by atoms with Crippen LogP contribution >= 0.6 is 11.6 Å². The zero-order valence-electron chi connectivity index (χ0n) is 20.3. The Balaban J connectivity index is 1.47. The van der Waals surface area contributed by atoms with Crippen molar-refractivity contribution in [3.63, 3.8) is 0 Å². The predicted molar refractivity (Wildman–Crippen MR) is 147 cm³/mol. The van der Waals surface area contributed by atoms with Crippen LogP contribution in [0.3, 0.4) is 0 Å². The average molecular weight is 521 g/mol. The number of nitrogens with one attached hydrogen (secondary N) is 1. The van der Waals surface area contributed by atoms with Crippen molar-refractivity contribution in [2.75, 3.05) is 17.4 Å². The Labute approximate surface area is 217 Å². The number of benzene rings is 4. The fourth-order valence-corrected chi connectivity index (χ4v) is 5.70. The Kier molecular flexibility index (Phi) is 7.97. The van der Waals surface area contributed by atoms with Crippen molar-refractivity contribution in [1.82, 2.24) is 5.32 Å². The van der Waals surface area contributed by atoms with Crippen LogP contribution < -0.4 is 9.62 Å². The first-order valence-corrected chi connectivity index (χ1v) is 13.6. The third-order valence-corrected chi connectivity index (χ3v) is 8.15. The van der Waals surface area contributed by atoms with Crippen molar-refractivity contribution < 1.29 is 13.2 Å². The monoisotopic (exact) mass is 520 g/mol. The molecule has 36 heavy (non-hydrogen) atoms. The zero-order chi connectivity index (χ0) is 25.7. The van der Waals surface area contributed by atoms with E-state index in [-0.39, 0.29) is 23.3 Å². The molecule has 7 heteroatoms. The summed E-state index contributed by atoms with van der Waals surface area (Å²) >= 11 is 6.01. The summed E-state index contributed by atoms with van der Waals surface area (Å²) in [5, 5.41) is 5.80. The molecule has 1 amide bonds. The van der Waals surface area contributed by atoms with E-state index in [2.05, 4.69) is 36.5 Å². The van der Waals surface area contributed by atoms with Crippen LogP contribution in [0.15, 0.2) is 95.9 Å². The van der Waals surface area contributed by atoms with E-state index < -0.39 is 10.0 Å². The molecule has 0 aliphatic rings. The van der Waals surface area contributed by atoms with Crippen molar-refractivity contribution in [1.29, 1.82) is 0 Å². The lowest BCUT2D eigenvalue weighted by molar-refractivity contribution is -0.119. The maximum absolute atomic E-state index is 13.5. The number of hydrogen-bond acceptors (Lipinski definition) is 3. The molecule has 1 N–H and O–H groups in total. The highest BCUT2D eigenvalue weighted by Gasteiger charge is 2.27. The van der Waals surface area contributed by atoms with Gasteiger partial charge in [-0.05, 0) is 72.0 Å². The van der Waals surface area contributed by atoms with Gasteiger partial charge in [-0.15, -0.1) is 0 Å². The van der Waals surface area contributed by atoms with E-state index in [1.807, 2.05) is 25.1 Å². The van der Waals surface area contributed by atoms with Gasteiger partial charge in [0.2, 0.25) is 5.91 Å². The van der Waals surface area contributed by atoms with Crippen molar-refractivity contribution in [2.45, 2.75) is 25.2 Å². The van der Waals surface area contributed by atoms with Gasteiger partial charge in [-0.1, -0.05) is 78.7 Å². The number of carbonyl (C=O) groups excluding carboxylic acids is 1. The Morgan fingerprint density at radius 2 is 1.58 bits per heavy atom. The maximum atomic E-state index is 13.5. The molecule has 0 aromatic heterocycles. The van der Waals surface area contributed by atoms with Gasteiger partial charge in [0.25, 0.3) is 10.0 Å². The van der Waals surface area contributed by atoms with E-state index in [9.17, 15) is 13.2 Å². The third-order valence-electron chi connectivity index (χ3n) is 6.11. The van der Waals surface area contributed by atoms with E-state index in [0.717, 1.165) is 16.3 Å². The summed E-state index contributed by atoms with van der Waals surface area (Å²) in [7, 11) is -3.96. The van der Waals surface area contributed by atoms with E-state index in [4.69, 9.17) is 11.6 Å². The van der Waals surface area contributed by atoms with Gasteiger partial charge in [-0.2, -0.15) is 0 Å². The molecule has 0 heterocycles. The minimum atomic E-state index is -3.96. The molecule has 5 nitrogen and oxygen atoms in total. The summed E-state index contributed by atoms with van der Waals surface area (Å²) in [5.41, 5.74) is 2.54. The van der Waals surface area contributed by atoms with Crippen molar-refractivity contribution >= 4 is 44.0 Å². The van der Waals surface area contributed by atoms with Gasteiger partial charge < -0.3 is 5.32 Å². The highest BCUT2D eigenvalue weighted by atomic mass is 35.5. The SMILES string of the molecule is Cc1ccc(S(=O)(=O)N(CC(=O)NCC(C)Cc2cccc3ccccc23)c2ccc(Cl)cc2)cc1. The number of sulfonamides is 1. The molecule has 0 saturated heterocycles. The standard InChI is InChI=1S/C29H29ClN2O3S/c1-21-10-16-27(17-11-21)36(34,35)32(26-14-12-25(30)13-15-26)20-29(33)31-19-22(2)18-24-8-5-7-23-6-3-4-9-28(23)24/h3-17,22H,18-20H2,1-2H3,(H,31,33). The molecule has 0 bridgehead atoms. The molecule has 4 aromatic carbocycles. The predicted octanol–water partition coefficient (Wildman–Crippen LogP) is 5.99. The summed E-state index contributed by atoms with van der Waals surface area (Å²) in [6.45, 7) is 4.06. The number of amides is 1. The molecule has 0 radical (unpaired) electrons. The molecule has 1 atom stereocenters. The van der Waals surface area contributed by atoms with Crippen molar-refractivity contribution in [2.24, 2.45) is 5.92 Å². The van der Waals surface area contributed by atoms with Gasteiger partial charge in [-0.3, -0.25) is 9.10 Å². The third kappa shape index (κ3) is 6.07. The Bertz CT molecular complexity index is 1450. The minimum absolute atomic E-state index is 0.125. The first kappa shape index (κ1) is 25.7. The highest BCUT2D eigenvalue weighted by Crippen LogP contribution is 2.25. The topological polar surface area (TPSA) is 66.5 Å². The van der Waals surface area contributed by atoms with Gasteiger partial charge >= 0.3 is 0 Å². The quantitative estimate of drug-likeness (QED) is 0.294. The molecule has 4 aromatic rings. The summed E-state index contributed by atoms with van der Waals surface area (Å²) in [4.78, 5) is 13.1. The van der Waals surface area contributed by atoms with Gasteiger partial charge in [0.1, 0.15) is 6.54 Å². The van der Waals surface area contributed by atoms with Crippen LogP contribution in [0.1, 0.15) is 18.1 Å². The number of anilines is 1. The smallest absolute Gasteiger partial charge is 0.264 e. The van der Waals surface area contributed by atoms with Crippen LogP contribution in [0.5, 0.6) is 0 Å². The van der Waals surface area contributed by atoms with E-state index in [1.54, 1.807) is 48.5 Å². The van der Waals surface area contributed by atoms with Crippen LogP contribution in [0, 0.1) is 12.8 Å². The molecule has 0 aliphatic carbocycles. The van der Waals surface area contributed by atoms with Crippen LogP contribution in [0.25, 0.3) is 10.8 Å². The number of fused-ring (bicyclic) bond motifs is 1. The van der Waals surface area contributed by atoms with E-state index >= 15 is 0 Å². The molecule has 0 spiro atoms. The maximum Gasteiger partial charge on any atom is 0.264 e. The average Bonchev–Trinajstić information content (AvgIpc) is 2.87. The van der Waals surface area contributed by atoms with Gasteiger partial charge in [-0.25, -0.2) is 8.42 Å². The number of aryl methyl sites for hydroxylation is 1. The number of halogens is 1. The lowest BCUT2D eigenvalue weighted by atomic mass is 9.96. The second kappa shape index (κ2) is 11.1. The molecular weight excluding hydrogens is 492 g/mol. The van der Waals surface area contributed by atoms with Crippen molar-refractivity contribution in [3.05, 3.63) is 107 Å². The second-order valence-corrected chi connectivity index (χ2v) is 11.4. The largest absolute Gasteiger partial charge is 0.354 e. The molecule has 1 unspecified atom stereocenters. The van der Waals surface area contributed by atoms with Crippen LogP contribution in [0.2, 0.25) is 5.02 Å². The number of carbonyl (C=O) groups is 1. The summed E-state index contributed by atoms with van der Waals surface area (Å²) in [6.07, 6.45) is 0.796. The first-order chi connectivity index (χ1) is 17.2. The van der Waals surface area contributed by atoms with E-state index in [1.165, 1.54) is 16.3 Å². The van der Waals surface area contributed by atoms with Crippen LogP contribution in [-0.4, -0.2) is 27.4 Å². The molecule has 4 rings (SSSR count). The normalized spacial score (nSPS) is 12.3. The molecular formula is C29H29ClN2O3S. The Morgan fingerprint density at radius 1 is 0.917 bits per heavy atom. The van der Waals surface area contributed by atoms with Crippen LogP contribution in [-0.2, 0) is 21.2 Å². The van der Waals surface area contributed by atoms with Crippen molar-refractivity contribution in [3.8, 4) is 0 Å². The summed E-state index contributed by atoms with van der Waals surface area (Å²) in [5.74, 6) is -0.206. The molecule has 0 fully saturated rings. The van der Waals surface area contributed by atoms with Crippen LogP contribution in [0.4, 0.5) is 5.69 Å². The molecule has 0 aliphatic heterocycles. The first-order valence-electron chi connectivity index (χ1n) is 11.8. The summed E-state index contributed by atoms with van der Waals surface area (Å²) < 4.78 is 28.1. The molecule has 186 valence electrons. The van der Waals surface area contributed by atoms with Gasteiger partial charge in [0.15, 0.2) is 0 Å². The molecule has 0 saturated carbocycles. The second-order valence-electron chi connectivity index (χ2n) is 9.05. The fraction of sp³-hybridized carbons (Fsp3) is 0.207. The lowest BCUT2D eigenvalue weighted by Gasteiger charge is -2.24. The number of nitrogens with zero attached hydrogens (tertiary/aromatic N) is 1. The summed E-state index contributed by atoms with van der Waals surface area (Å²) in [6, 6.07) is 27.5. The minimum Gasteiger partial charge on any atom is -0.354 e. The van der Waals surface area contributed by atoms with E-state index in [0.29, 0.717) is 17.3 Å². The van der Waals surface area contributed by atoms with Gasteiger partial charge in [0.05, 0.1) is 10.6 Å². The van der Waals surface area contributed by atoms with Gasteiger partial charge in [0, 0.05) is 11.6 Å². The number of rotatable bonds is 9.